The highest BCUT2D eigenvalue weighted by Gasteiger charge is 2.42. The fourth-order valence-corrected chi connectivity index (χ4v) is 3.20. The Labute approximate surface area is 104 Å². The maximum Gasteiger partial charge on any atom is 0.332 e. The molecular weight excluding hydrogens is 241 g/mol. The number of hydrogen-bond acceptors (Lipinski definition) is 4. The van der Waals surface area contributed by atoms with Gasteiger partial charge in [0.1, 0.15) is 11.4 Å². The lowest BCUT2D eigenvalue weighted by Gasteiger charge is -2.27. The summed E-state index contributed by atoms with van der Waals surface area (Å²) in [4.78, 5) is 11.8. The van der Waals surface area contributed by atoms with Gasteiger partial charge in [0.25, 0.3) is 0 Å². The highest BCUT2D eigenvalue weighted by molar-refractivity contribution is 7.99. The molecule has 3 nitrogen and oxygen atoms in total. The van der Waals surface area contributed by atoms with Gasteiger partial charge in [0.05, 0.1) is 7.11 Å². The molecule has 1 aromatic rings. The average Bonchev–Trinajstić information content (AvgIpc) is 2.81. The van der Waals surface area contributed by atoms with Gasteiger partial charge in [-0.2, -0.15) is 11.8 Å². The summed E-state index contributed by atoms with van der Waals surface area (Å²) in [5.74, 6) is 1.05. The Morgan fingerprint density at radius 2 is 2.18 bits per heavy atom. The minimum absolute atomic E-state index is 0.258. The first kappa shape index (κ1) is 12.2. The van der Waals surface area contributed by atoms with E-state index >= 15 is 0 Å². The van der Waals surface area contributed by atoms with Crippen molar-refractivity contribution in [1.29, 1.82) is 0 Å². The van der Waals surface area contributed by atoms with E-state index in [1.165, 1.54) is 19.2 Å². The zero-order valence-electron chi connectivity index (χ0n) is 9.53. The maximum absolute atomic E-state index is 12.8. The number of ether oxygens (including phenoxy) is 1. The van der Waals surface area contributed by atoms with Gasteiger partial charge in [0.2, 0.25) is 0 Å². The zero-order valence-corrected chi connectivity index (χ0v) is 10.3. The molecule has 1 fully saturated rings. The molecular formula is C12H14FNO2S. The van der Waals surface area contributed by atoms with Gasteiger partial charge in [-0.05, 0) is 36.4 Å². The van der Waals surface area contributed by atoms with Crippen molar-refractivity contribution in [3.63, 3.8) is 0 Å². The lowest BCUT2D eigenvalue weighted by atomic mass is 9.98. The number of nitrogens with one attached hydrogen (secondary N) is 1. The van der Waals surface area contributed by atoms with Crippen molar-refractivity contribution in [3.05, 3.63) is 30.1 Å². The standard InChI is InChI=1S/C12H14FNO2S/c1-16-11(15)12(6-7-17-8-12)14-10-4-2-9(13)3-5-10/h2-5,14H,6-8H2,1H3. The summed E-state index contributed by atoms with van der Waals surface area (Å²) in [5, 5.41) is 3.17. The lowest BCUT2D eigenvalue weighted by Crippen LogP contribution is -2.47. The molecule has 1 heterocycles. The summed E-state index contributed by atoms with van der Waals surface area (Å²) in [6.45, 7) is 0. The Morgan fingerprint density at radius 3 is 2.71 bits per heavy atom. The molecule has 92 valence electrons. The average molecular weight is 255 g/mol. The number of anilines is 1. The van der Waals surface area contributed by atoms with Crippen molar-refractivity contribution in [2.45, 2.75) is 12.0 Å². The molecule has 1 aliphatic heterocycles. The molecule has 2 rings (SSSR count). The van der Waals surface area contributed by atoms with E-state index in [2.05, 4.69) is 5.32 Å². The van der Waals surface area contributed by atoms with Gasteiger partial charge in [0.15, 0.2) is 0 Å². The van der Waals surface area contributed by atoms with Crippen molar-refractivity contribution in [2.24, 2.45) is 0 Å². The Hall–Kier alpha value is -1.23. The first-order valence-electron chi connectivity index (χ1n) is 5.36. The van der Waals surface area contributed by atoms with Crippen molar-refractivity contribution in [3.8, 4) is 0 Å². The summed E-state index contributed by atoms with van der Waals surface area (Å²) in [6.07, 6.45) is 0.724. The number of hydrogen-bond donors (Lipinski definition) is 1. The van der Waals surface area contributed by atoms with Crippen LogP contribution in [-0.2, 0) is 9.53 Å². The van der Waals surface area contributed by atoms with E-state index in [1.54, 1.807) is 23.9 Å². The second kappa shape index (κ2) is 4.96. The molecule has 0 radical (unpaired) electrons. The van der Waals surface area contributed by atoms with Gasteiger partial charge in [-0.25, -0.2) is 9.18 Å². The van der Waals surface area contributed by atoms with Crippen LogP contribution in [0.4, 0.5) is 10.1 Å². The van der Waals surface area contributed by atoms with E-state index in [1.807, 2.05) is 0 Å². The third kappa shape index (κ3) is 2.54. The monoisotopic (exact) mass is 255 g/mol. The highest BCUT2D eigenvalue weighted by atomic mass is 32.2. The third-order valence-corrected chi connectivity index (χ3v) is 4.02. The van der Waals surface area contributed by atoms with Crippen molar-refractivity contribution in [1.82, 2.24) is 0 Å². The Morgan fingerprint density at radius 1 is 1.47 bits per heavy atom. The molecule has 1 atom stereocenters. The van der Waals surface area contributed by atoms with Crippen LogP contribution < -0.4 is 5.32 Å². The van der Waals surface area contributed by atoms with E-state index in [0.29, 0.717) is 5.75 Å². The number of benzene rings is 1. The van der Waals surface area contributed by atoms with E-state index in [-0.39, 0.29) is 11.8 Å². The number of methoxy groups -OCH3 is 1. The lowest BCUT2D eigenvalue weighted by molar-refractivity contribution is -0.145. The summed E-state index contributed by atoms with van der Waals surface area (Å²) in [7, 11) is 1.39. The molecule has 0 bridgehead atoms. The first-order valence-corrected chi connectivity index (χ1v) is 6.52. The van der Waals surface area contributed by atoms with Crippen molar-refractivity contribution >= 4 is 23.4 Å². The number of carbonyl (C=O) groups is 1. The third-order valence-electron chi connectivity index (χ3n) is 2.83. The maximum atomic E-state index is 12.8. The molecule has 0 aromatic heterocycles. The summed E-state index contributed by atoms with van der Waals surface area (Å²) < 4.78 is 17.6. The van der Waals surface area contributed by atoms with Crippen LogP contribution in [0.2, 0.25) is 0 Å². The SMILES string of the molecule is COC(=O)C1(Nc2ccc(F)cc2)CCSC1. The van der Waals surface area contributed by atoms with E-state index < -0.39 is 5.54 Å². The molecule has 17 heavy (non-hydrogen) atoms. The van der Waals surface area contributed by atoms with Crippen molar-refractivity contribution < 1.29 is 13.9 Å². The summed E-state index contributed by atoms with van der Waals surface area (Å²) in [5.41, 5.74) is 0.0661. The number of thioether (sulfide) groups is 1. The Kier molecular flexibility index (Phi) is 3.57. The molecule has 5 heteroatoms. The molecule has 1 saturated heterocycles. The van der Waals surface area contributed by atoms with E-state index in [4.69, 9.17) is 4.74 Å². The molecule has 1 N–H and O–H groups in total. The van der Waals surface area contributed by atoms with Crippen LogP contribution in [0.5, 0.6) is 0 Å². The van der Waals surface area contributed by atoms with Crippen molar-refractivity contribution in [2.75, 3.05) is 23.9 Å². The van der Waals surface area contributed by atoms with Gasteiger partial charge in [-0.1, -0.05) is 0 Å². The predicted octanol–water partition coefficient (Wildman–Crippen LogP) is 2.29. The molecule has 0 spiro atoms. The van der Waals surface area contributed by atoms with Gasteiger partial charge in [-0.15, -0.1) is 0 Å². The van der Waals surface area contributed by atoms with Crippen LogP contribution in [0, 0.1) is 5.82 Å². The smallest absolute Gasteiger partial charge is 0.332 e. The minimum Gasteiger partial charge on any atom is -0.467 e. The minimum atomic E-state index is -0.669. The van der Waals surface area contributed by atoms with E-state index in [9.17, 15) is 9.18 Å². The Balaban J connectivity index is 2.18. The quantitative estimate of drug-likeness (QED) is 0.841. The Bertz CT molecular complexity index is 401. The highest BCUT2D eigenvalue weighted by Crippen LogP contribution is 2.32. The number of rotatable bonds is 3. The number of esters is 1. The van der Waals surface area contributed by atoms with Crippen LogP contribution >= 0.6 is 11.8 Å². The van der Waals surface area contributed by atoms with Crippen LogP contribution in [-0.4, -0.2) is 30.1 Å². The van der Waals surface area contributed by atoms with Crippen LogP contribution in [0.15, 0.2) is 24.3 Å². The topological polar surface area (TPSA) is 38.3 Å². The van der Waals surface area contributed by atoms with Gasteiger partial charge in [0, 0.05) is 11.4 Å². The van der Waals surface area contributed by atoms with Gasteiger partial charge >= 0.3 is 5.97 Å². The fraction of sp³-hybridized carbons (Fsp3) is 0.417. The summed E-state index contributed by atoms with van der Waals surface area (Å²) in [6, 6.07) is 6.00. The van der Waals surface area contributed by atoms with Crippen LogP contribution in [0.1, 0.15) is 6.42 Å². The van der Waals surface area contributed by atoms with E-state index in [0.717, 1.165) is 17.9 Å². The molecule has 0 aliphatic carbocycles. The van der Waals surface area contributed by atoms with Crippen LogP contribution in [0.25, 0.3) is 0 Å². The second-order valence-electron chi connectivity index (χ2n) is 4.01. The second-order valence-corrected chi connectivity index (χ2v) is 5.11. The molecule has 0 amide bonds. The molecule has 1 unspecified atom stereocenters. The van der Waals surface area contributed by atoms with Gasteiger partial charge < -0.3 is 10.1 Å². The molecule has 1 aromatic carbocycles. The van der Waals surface area contributed by atoms with Crippen LogP contribution in [0.3, 0.4) is 0 Å². The fourth-order valence-electron chi connectivity index (χ4n) is 1.88. The summed E-state index contributed by atoms with van der Waals surface area (Å²) >= 11 is 1.71. The van der Waals surface area contributed by atoms with Gasteiger partial charge in [-0.3, -0.25) is 0 Å². The largest absolute Gasteiger partial charge is 0.467 e. The number of halogens is 1. The zero-order chi connectivity index (χ0) is 12.3. The molecule has 0 saturated carbocycles. The predicted molar refractivity (Wildman–Crippen MR) is 66.7 cm³/mol. The molecule has 1 aliphatic rings. The number of carbonyl (C=O) groups excluding carboxylic acids is 1. The first-order chi connectivity index (χ1) is 8.16. The normalized spacial score (nSPS) is 23.4.